The lowest BCUT2D eigenvalue weighted by Crippen LogP contribution is -2.55. The molecule has 2 bridgehead atoms. The van der Waals surface area contributed by atoms with Gasteiger partial charge in [0.2, 0.25) is 0 Å². The van der Waals surface area contributed by atoms with Crippen molar-refractivity contribution in [3.63, 3.8) is 0 Å². The number of ether oxygens (including phenoxy) is 1. The number of rotatable bonds is 4. The molecule has 0 spiro atoms. The zero-order chi connectivity index (χ0) is 16.7. The maximum Gasteiger partial charge on any atom is 0.119 e. The molecule has 0 radical (unpaired) electrons. The van der Waals surface area contributed by atoms with Crippen LogP contribution in [0.2, 0.25) is 0 Å². The van der Waals surface area contributed by atoms with E-state index in [0.717, 1.165) is 53.6 Å². The SMILES string of the molecule is Br.CC[C@H]1CN2CC[C@H]1C[C@H]2[C@H](O)c1ccnc2ccc(OC)cc12.O. The average Bonchev–Trinajstić information content (AvgIpc) is 2.66. The Kier molecular flexibility index (Phi) is 7.02. The van der Waals surface area contributed by atoms with E-state index in [0.29, 0.717) is 0 Å². The predicted octanol–water partition coefficient (Wildman–Crippen LogP) is 3.15. The first-order valence-electron chi connectivity index (χ1n) is 9.06. The van der Waals surface area contributed by atoms with E-state index in [2.05, 4.69) is 16.8 Å². The Labute approximate surface area is 165 Å². The minimum absolute atomic E-state index is 0. The summed E-state index contributed by atoms with van der Waals surface area (Å²) < 4.78 is 5.36. The largest absolute Gasteiger partial charge is 0.497 e. The molecule has 0 aliphatic carbocycles. The van der Waals surface area contributed by atoms with Crippen molar-refractivity contribution in [2.45, 2.75) is 38.3 Å². The molecule has 3 fully saturated rings. The fraction of sp³-hybridized carbons (Fsp3) is 0.550. The van der Waals surface area contributed by atoms with Crippen molar-refractivity contribution in [2.75, 3.05) is 20.2 Å². The van der Waals surface area contributed by atoms with Gasteiger partial charge < -0.3 is 15.3 Å². The molecule has 1 unspecified atom stereocenters. The van der Waals surface area contributed by atoms with Crippen molar-refractivity contribution in [1.29, 1.82) is 0 Å². The zero-order valence-corrected chi connectivity index (χ0v) is 17.1. The van der Waals surface area contributed by atoms with Crippen molar-refractivity contribution in [2.24, 2.45) is 11.8 Å². The Morgan fingerprint density at radius 3 is 2.81 bits per heavy atom. The van der Waals surface area contributed by atoms with Crippen molar-refractivity contribution < 1.29 is 15.3 Å². The molecule has 2 aromatic rings. The fourth-order valence-electron chi connectivity index (χ4n) is 4.71. The van der Waals surface area contributed by atoms with Gasteiger partial charge in [0.1, 0.15) is 5.75 Å². The van der Waals surface area contributed by atoms with E-state index in [4.69, 9.17) is 4.74 Å². The van der Waals surface area contributed by atoms with Gasteiger partial charge in [0.05, 0.1) is 18.7 Å². The lowest BCUT2D eigenvalue weighted by Gasteiger charge is -2.51. The van der Waals surface area contributed by atoms with E-state index in [1.807, 2.05) is 24.3 Å². The number of hydrogen-bond donors (Lipinski definition) is 1. The molecule has 4 heterocycles. The smallest absolute Gasteiger partial charge is 0.119 e. The second-order valence-electron chi connectivity index (χ2n) is 7.24. The molecule has 3 aliphatic heterocycles. The summed E-state index contributed by atoms with van der Waals surface area (Å²) in [5, 5.41) is 12.2. The van der Waals surface area contributed by atoms with Gasteiger partial charge in [-0.1, -0.05) is 13.3 Å². The molecule has 144 valence electrons. The summed E-state index contributed by atoms with van der Waals surface area (Å²) in [4.78, 5) is 6.94. The molecule has 5 rings (SSSR count). The van der Waals surface area contributed by atoms with Gasteiger partial charge in [-0.25, -0.2) is 0 Å². The second kappa shape index (κ2) is 8.65. The predicted molar refractivity (Wildman–Crippen MR) is 109 cm³/mol. The summed E-state index contributed by atoms with van der Waals surface area (Å²) in [6.45, 7) is 4.55. The van der Waals surface area contributed by atoms with Crippen LogP contribution in [0, 0.1) is 11.8 Å². The molecule has 3 aliphatic rings. The topological polar surface area (TPSA) is 77.1 Å². The van der Waals surface area contributed by atoms with E-state index in [9.17, 15) is 5.11 Å². The molecule has 3 N–H and O–H groups in total. The number of aliphatic hydroxyl groups is 1. The van der Waals surface area contributed by atoms with Gasteiger partial charge in [-0.3, -0.25) is 9.88 Å². The van der Waals surface area contributed by atoms with Crippen LogP contribution in [-0.2, 0) is 0 Å². The van der Waals surface area contributed by atoms with Gasteiger partial charge in [0.15, 0.2) is 0 Å². The molecule has 0 amide bonds. The molecule has 5 nitrogen and oxygen atoms in total. The molecule has 0 saturated carbocycles. The third-order valence-electron chi connectivity index (χ3n) is 6.13. The Morgan fingerprint density at radius 1 is 1.35 bits per heavy atom. The van der Waals surface area contributed by atoms with Crippen molar-refractivity contribution in [1.82, 2.24) is 9.88 Å². The van der Waals surface area contributed by atoms with Crippen LogP contribution in [-0.4, -0.2) is 46.7 Å². The maximum atomic E-state index is 11.2. The van der Waals surface area contributed by atoms with E-state index >= 15 is 0 Å². The summed E-state index contributed by atoms with van der Waals surface area (Å²) in [6, 6.07) is 8.07. The Morgan fingerprint density at radius 2 is 2.15 bits per heavy atom. The molecule has 1 aromatic heterocycles. The number of pyridine rings is 1. The monoisotopic (exact) mass is 424 g/mol. The molecular weight excluding hydrogens is 396 g/mol. The average molecular weight is 425 g/mol. The molecule has 5 atom stereocenters. The molecule has 26 heavy (non-hydrogen) atoms. The van der Waals surface area contributed by atoms with Gasteiger partial charge in [-0.15, -0.1) is 17.0 Å². The normalized spacial score (nSPS) is 28.1. The highest BCUT2D eigenvalue weighted by Crippen LogP contribution is 2.42. The van der Waals surface area contributed by atoms with Gasteiger partial charge >= 0.3 is 0 Å². The summed E-state index contributed by atoms with van der Waals surface area (Å²) in [5.41, 5.74) is 1.89. The Balaban J connectivity index is 0.00000121. The summed E-state index contributed by atoms with van der Waals surface area (Å²) in [5.74, 6) is 2.37. The highest BCUT2D eigenvalue weighted by molar-refractivity contribution is 8.93. The van der Waals surface area contributed by atoms with E-state index in [-0.39, 0.29) is 28.5 Å². The maximum absolute atomic E-state index is 11.2. The quantitative estimate of drug-likeness (QED) is 0.817. The van der Waals surface area contributed by atoms with Gasteiger partial charge in [-0.2, -0.15) is 0 Å². The first-order chi connectivity index (χ1) is 11.7. The number of hydrogen-bond acceptors (Lipinski definition) is 4. The minimum atomic E-state index is -0.469. The fourth-order valence-corrected chi connectivity index (χ4v) is 4.71. The van der Waals surface area contributed by atoms with Crippen LogP contribution in [0.25, 0.3) is 10.9 Å². The number of aliphatic hydroxyl groups excluding tert-OH is 1. The molecular formula is C20H29BrN2O3. The Bertz CT molecular complexity index is 742. The lowest BCUT2D eigenvalue weighted by molar-refractivity contribution is -0.0562. The van der Waals surface area contributed by atoms with Crippen LogP contribution >= 0.6 is 17.0 Å². The number of fused-ring (bicyclic) bond motifs is 4. The molecule has 6 heteroatoms. The van der Waals surface area contributed by atoms with Crippen LogP contribution in [0.4, 0.5) is 0 Å². The number of piperidine rings is 3. The lowest BCUT2D eigenvalue weighted by atomic mass is 9.72. The third kappa shape index (κ3) is 3.60. The van der Waals surface area contributed by atoms with Crippen molar-refractivity contribution >= 4 is 27.9 Å². The summed E-state index contributed by atoms with van der Waals surface area (Å²) in [7, 11) is 1.67. The van der Waals surface area contributed by atoms with Gasteiger partial charge in [0.25, 0.3) is 0 Å². The van der Waals surface area contributed by atoms with Crippen LogP contribution < -0.4 is 4.74 Å². The molecule has 1 aromatic carbocycles. The van der Waals surface area contributed by atoms with Crippen LogP contribution in [0.1, 0.15) is 37.9 Å². The highest BCUT2D eigenvalue weighted by Gasteiger charge is 2.42. The summed E-state index contributed by atoms with van der Waals surface area (Å²) in [6.07, 6.45) is 4.97. The van der Waals surface area contributed by atoms with E-state index in [1.54, 1.807) is 13.3 Å². The van der Waals surface area contributed by atoms with E-state index < -0.39 is 6.10 Å². The van der Waals surface area contributed by atoms with Crippen molar-refractivity contribution in [3.05, 3.63) is 36.0 Å². The number of methoxy groups -OCH3 is 1. The summed E-state index contributed by atoms with van der Waals surface area (Å²) >= 11 is 0. The Hall–Kier alpha value is -1.21. The van der Waals surface area contributed by atoms with E-state index in [1.165, 1.54) is 12.8 Å². The standard InChI is InChI=1S/C20H26N2O2.BrH.H2O/c1-3-13-12-22-9-7-14(13)10-19(22)20(23)16-6-8-21-18-5-4-15(24-2)11-17(16)18;;/h4-6,8,11,13-14,19-20,23H,3,7,9-10,12H2,1-2H3;1H;1H2/t13-,14-,19-,20+;;/m0../s1. The minimum Gasteiger partial charge on any atom is -0.497 e. The highest BCUT2D eigenvalue weighted by atomic mass is 79.9. The van der Waals surface area contributed by atoms with Gasteiger partial charge in [-0.05, 0) is 61.1 Å². The zero-order valence-electron chi connectivity index (χ0n) is 15.4. The number of aromatic nitrogens is 1. The second-order valence-corrected chi connectivity index (χ2v) is 7.24. The van der Waals surface area contributed by atoms with Gasteiger partial charge in [0, 0.05) is 24.2 Å². The number of nitrogens with zero attached hydrogens (tertiary/aromatic N) is 2. The first-order valence-corrected chi connectivity index (χ1v) is 9.06. The first kappa shape index (κ1) is 21.1. The molecule has 3 saturated heterocycles. The van der Waals surface area contributed by atoms with Crippen molar-refractivity contribution in [3.8, 4) is 5.75 Å². The number of benzene rings is 1. The number of halogens is 1. The third-order valence-corrected chi connectivity index (χ3v) is 6.13. The van der Waals surface area contributed by atoms with Crippen LogP contribution in [0.15, 0.2) is 30.5 Å². The van der Waals surface area contributed by atoms with Crippen LogP contribution in [0.3, 0.4) is 0 Å². The van der Waals surface area contributed by atoms with Crippen LogP contribution in [0.5, 0.6) is 5.75 Å².